The van der Waals surface area contributed by atoms with Crippen LogP contribution in [0.2, 0.25) is 0 Å². The fourth-order valence-electron chi connectivity index (χ4n) is 2.41. The molecule has 1 rings (SSSR count). The van der Waals surface area contributed by atoms with Crippen molar-refractivity contribution in [1.82, 2.24) is 15.5 Å². The molecule has 1 aliphatic heterocycles. The molecular formula is C14H29N3O2. The zero-order chi connectivity index (χ0) is 14.1. The highest BCUT2D eigenvalue weighted by molar-refractivity contribution is 5.74. The largest absolute Gasteiger partial charge is 0.393 e. The van der Waals surface area contributed by atoms with Gasteiger partial charge in [-0.15, -0.1) is 0 Å². The zero-order valence-electron chi connectivity index (χ0n) is 12.3. The molecule has 1 saturated heterocycles. The van der Waals surface area contributed by atoms with Gasteiger partial charge in [0.05, 0.1) is 6.10 Å². The van der Waals surface area contributed by atoms with Gasteiger partial charge < -0.3 is 20.6 Å². The molecule has 1 fully saturated rings. The van der Waals surface area contributed by atoms with E-state index in [9.17, 15) is 9.90 Å². The highest BCUT2D eigenvalue weighted by atomic mass is 16.3. The van der Waals surface area contributed by atoms with Gasteiger partial charge >= 0.3 is 6.03 Å². The van der Waals surface area contributed by atoms with E-state index in [4.69, 9.17) is 0 Å². The van der Waals surface area contributed by atoms with Gasteiger partial charge in [-0.05, 0) is 38.6 Å². The molecule has 0 aliphatic carbocycles. The number of aliphatic hydroxyl groups excluding tert-OH is 1. The van der Waals surface area contributed by atoms with Crippen LogP contribution in [0.25, 0.3) is 0 Å². The normalized spacial score (nSPS) is 19.1. The van der Waals surface area contributed by atoms with E-state index in [0.717, 1.165) is 38.9 Å². The highest BCUT2D eigenvalue weighted by Crippen LogP contribution is 2.10. The van der Waals surface area contributed by atoms with Crippen molar-refractivity contribution >= 4 is 6.03 Å². The summed E-state index contributed by atoms with van der Waals surface area (Å²) in [5.41, 5.74) is 0. The predicted molar refractivity (Wildman–Crippen MR) is 77.2 cm³/mol. The third kappa shape index (κ3) is 6.78. The summed E-state index contributed by atoms with van der Waals surface area (Å²) < 4.78 is 0. The Balaban J connectivity index is 2.09. The number of rotatable bonds is 7. The maximum atomic E-state index is 11.7. The summed E-state index contributed by atoms with van der Waals surface area (Å²) in [6.07, 6.45) is 4.31. The number of urea groups is 1. The van der Waals surface area contributed by atoms with Crippen LogP contribution in [-0.4, -0.2) is 54.4 Å². The quantitative estimate of drug-likeness (QED) is 0.654. The second-order valence-electron chi connectivity index (χ2n) is 5.37. The number of carbonyl (C=O) groups is 1. The average molecular weight is 271 g/mol. The topological polar surface area (TPSA) is 64.6 Å². The van der Waals surface area contributed by atoms with Crippen LogP contribution in [0.1, 0.15) is 46.0 Å². The minimum atomic E-state index is -0.308. The van der Waals surface area contributed by atoms with Crippen molar-refractivity contribution in [3.8, 4) is 0 Å². The van der Waals surface area contributed by atoms with Crippen LogP contribution >= 0.6 is 0 Å². The van der Waals surface area contributed by atoms with Gasteiger partial charge in [-0.2, -0.15) is 0 Å². The number of amides is 2. The smallest absolute Gasteiger partial charge is 0.315 e. The number of piperidine rings is 1. The van der Waals surface area contributed by atoms with Gasteiger partial charge in [-0.25, -0.2) is 4.79 Å². The molecule has 1 atom stereocenters. The Labute approximate surface area is 116 Å². The van der Waals surface area contributed by atoms with Crippen LogP contribution in [0.15, 0.2) is 0 Å². The van der Waals surface area contributed by atoms with E-state index in [-0.39, 0.29) is 12.1 Å². The number of hydrogen-bond acceptors (Lipinski definition) is 3. The number of carbonyl (C=O) groups excluding carboxylic acids is 1. The molecular weight excluding hydrogens is 242 g/mol. The molecule has 19 heavy (non-hydrogen) atoms. The number of nitrogens with one attached hydrogen (secondary N) is 2. The zero-order valence-corrected chi connectivity index (χ0v) is 12.3. The minimum absolute atomic E-state index is 0.0998. The Bertz CT molecular complexity index is 253. The van der Waals surface area contributed by atoms with Gasteiger partial charge in [-0.1, -0.05) is 13.8 Å². The van der Waals surface area contributed by atoms with E-state index in [1.807, 2.05) is 6.92 Å². The van der Waals surface area contributed by atoms with Crippen molar-refractivity contribution in [2.75, 3.05) is 26.2 Å². The summed E-state index contributed by atoms with van der Waals surface area (Å²) in [7, 11) is 0. The van der Waals surface area contributed by atoms with E-state index in [0.29, 0.717) is 19.0 Å². The maximum Gasteiger partial charge on any atom is 0.315 e. The van der Waals surface area contributed by atoms with E-state index >= 15 is 0 Å². The molecule has 1 heterocycles. The van der Waals surface area contributed by atoms with Gasteiger partial charge in [0, 0.05) is 25.7 Å². The monoisotopic (exact) mass is 271 g/mol. The second kappa shape index (κ2) is 9.15. The van der Waals surface area contributed by atoms with Crippen LogP contribution < -0.4 is 10.6 Å². The molecule has 1 unspecified atom stereocenters. The predicted octanol–water partition coefficient (Wildman–Crippen LogP) is 1.32. The summed E-state index contributed by atoms with van der Waals surface area (Å²) in [4.78, 5) is 14.1. The molecule has 0 aromatic rings. The first-order valence-electron chi connectivity index (χ1n) is 7.60. The first kappa shape index (κ1) is 16.2. The van der Waals surface area contributed by atoms with Gasteiger partial charge in [0.1, 0.15) is 0 Å². The Kier molecular flexibility index (Phi) is 7.82. The maximum absolute atomic E-state index is 11.7. The van der Waals surface area contributed by atoms with E-state index < -0.39 is 0 Å². The van der Waals surface area contributed by atoms with E-state index in [2.05, 4.69) is 22.5 Å². The van der Waals surface area contributed by atoms with E-state index in [1.165, 1.54) is 6.42 Å². The van der Waals surface area contributed by atoms with Crippen molar-refractivity contribution in [1.29, 1.82) is 0 Å². The lowest BCUT2D eigenvalue weighted by atomic mass is 10.1. The number of nitrogens with zero attached hydrogens (tertiary/aromatic N) is 1. The summed E-state index contributed by atoms with van der Waals surface area (Å²) >= 11 is 0. The minimum Gasteiger partial charge on any atom is -0.393 e. The molecule has 0 aromatic heterocycles. The molecule has 5 heteroatoms. The van der Waals surface area contributed by atoms with Crippen LogP contribution in [0, 0.1) is 0 Å². The molecule has 0 bridgehead atoms. The number of hydrogen-bond donors (Lipinski definition) is 3. The molecule has 5 nitrogen and oxygen atoms in total. The van der Waals surface area contributed by atoms with Gasteiger partial charge in [-0.3, -0.25) is 0 Å². The standard InChI is InChI=1S/C14H29N3O2/c1-3-9-17-10-6-12(7-11-17)16-14(19)15-8-5-13(18)4-2/h12-13,18H,3-11H2,1-2H3,(H2,15,16,19). The lowest BCUT2D eigenvalue weighted by Gasteiger charge is -2.32. The number of likely N-dealkylation sites (tertiary alicyclic amines) is 1. The lowest BCUT2D eigenvalue weighted by Crippen LogP contribution is -2.48. The molecule has 0 aromatic carbocycles. The Hall–Kier alpha value is -0.810. The molecule has 112 valence electrons. The fourth-order valence-corrected chi connectivity index (χ4v) is 2.41. The summed E-state index contributed by atoms with van der Waals surface area (Å²) in [6.45, 7) is 7.99. The second-order valence-corrected chi connectivity index (χ2v) is 5.37. The van der Waals surface area contributed by atoms with Crippen molar-refractivity contribution in [2.24, 2.45) is 0 Å². The summed E-state index contributed by atoms with van der Waals surface area (Å²) in [5, 5.41) is 15.2. The third-order valence-electron chi connectivity index (χ3n) is 3.70. The Morgan fingerprint density at radius 2 is 2.05 bits per heavy atom. The number of aliphatic hydroxyl groups is 1. The highest BCUT2D eigenvalue weighted by Gasteiger charge is 2.19. The van der Waals surface area contributed by atoms with Crippen molar-refractivity contribution in [3.05, 3.63) is 0 Å². The van der Waals surface area contributed by atoms with Crippen molar-refractivity contribution in [3.63, 3.8) is 0 Å². The molecule has 0 saturated carbocycles. The Morgan fingerprint density at radius 1 is 1.37 bits per heavy atom. The van der Waals surface area contributed by atoms with Crippen LogP contribution in [0.3, 0.4) is 0 Å². The van der Waals surface area contributed by atoms with Crippen LogP contribution in [-0.2, 0) is 0 Å². The molecule has 0 spiro atoms. The molecule has 3 N–H and O–H groups in total. The summed E-state index contributed by atoms with van der Waals surface area (Å²) in [5.74, 6) is 0. The first-order chi connectivity index (χ1) is 9.15. The molecule has 0 radical (unpaired) electrons. The van der Waals surface area contributed by atoms with Crippen molar-refractivity contribution in [2.45, 2.75) is 58.1 Å². The van der Waals surface area contributed by atoms with Crippen LogP contribution in [0.5, 0.6) is 0 Å². The molecule has 1 aliphatic rings. The van der Waals surface area contributed by atoms with Crippen LogP contribution in [0.4, 0.5) is 4.79 Å². The third-order valence-corrected chi connectivity index (χ3v) is 3.70. The summed E-state index contributed by atoms with van der Waals surface area (Å²) in [6, 6.07) is 0.196. The first-order valence-corrected chi connectivity index (χ1v) is 7.60. The Morgan fingerprint density at radius 3 is 2.63 bits per heavy atom. The molecule has 2 amide bonds. The SMILES string of the molecule is CCCN1CCC(NC(=O)NCCC(O)CC)CC1. The van der Waals surface area contributed by atoms with Gasteiger partial charge in [0.2, 0.25) is 0 Å². The van der Waals surface area contributed by atoms with Gasteiger partial charge in [0.25, 0.3) is 0 Å². The van der Waals surface area contributed by atoms with E-state index in [1.54, 1.807) is 0 Å². The average Bonchev–Trinajstić information content (AvgIpc) is 2.41. The van der Waals surface area contributed by atoms with Gasteiger partial charge in [0.15, 0.2) is 0 Å². The van der Waals surface area contributed by atoms with Crippen molar-refractivity contribution < 1.29 is 9.90 Å². The fraction of sp³-hybridized carbons (Fsp3) is 0.929. The lowest BCUT2D eigenvalue weighted by molar-refractivity contribution is 0.159.